The molecule has 234 valence electrons. The Balaban J connectivity index is 1.21. The highest BCUT2D eigenvalue weighted by Crippen LogP contribution is 2.41. The van der Waals surface area contributed by atoms with Gasteiger partial charge in [-0.25, -0.2) is 4.98 Å². The molecule has 2 heterocycles. The van der Waals surface area contributed by atoms with E-state index in [1.165, 1.54) is 0 Å². The molecule has 1 aliphatic rings. The fraction of sp³-hybridized carbons (Fsp3) is 0.412. The monoisotopic (exact) mass is 601 g/mol. The van der Waals surface area contributed by atoms with Crippen molar-refractivity contribution in [1.82, 2.24) is 20.2 Å². The molecule has 0 saturated carbocycles. The highest BCUT2D eigenvalue weighted by atomic mass is 16.5. The Labute approximate surface area is 259 Å². The predicted molar refractivity (Wildman–Crippen MR) is 173 cm³/mol. The first-order chi connectivity index (χ1) is 21.4. The van der Waals surface area contributed by atoms with Crippen molar-refractivity contribution in [3.8, 4) is 23.0 Å². The van der Waals surface area contributed by atoms with Crippen molar-refractivity contribution < 1.29 is 23.7 Å². The van der Waals surface area contributed by atoms with Crippen LogP contribution in [0.3, 0.4) is 0 Å². The van der Waals surface area contributed by atoms with Gasteiger partial charge >= 0.3 is 0 Å². The number of fused-ring (bicyclic) bond motifs is 1. The summed E-state index contributed by atoms with van der Waals surface area (Å²) in [4.78, 5) is 24.0. The molecule has 1 aromatic heterocycles. The van der Waals surface area contributed by atoms with Crippen LogP contribution in [0.1, 0.15) is 46.7 Å². The third kappa shape index (κ3) is 7.02. The maximum absolute atomic E-state index is 13.5. The molecular formula is C34H43N5O5. The Hall–Kier alpha value is -4.44. The van der Waals surface area contributed by atoms with E-state index in [1.54, 1.807) is 34.5 Å². The third-order valence-electron chi connectivity index (χ3n) is 8.53. The Kier molecular flexibility index (Phi) is 10.1. The first-order valence-electron chi connectivity index (χ1n) is 15.1. The second kappa shape index (κ2) is 14.4. The van der Waals surface area contributed by atoms with Gasteiger partial charge in [-0.05, 0) is 68.6 Å². The largest absolute Gasteiger partial charge is 0.497 e. The number of piperidine rings is 1. The smallest absolute Gasteiger partial charge is 0.251 e. The number of carbonyl (C=O) groups is 1. The van der Waals surface area contributed by atoms with Crippen LogP contribution in [-0.4, -0.2) is 81.4 Å². The van der Waals surface area contributed by atoms with Crippen LogP contribution in [0.25, 0.3) is 11.0 Å². The number of benzene rings is 3. The summed E-state index contributed by atoms with van der Waals surface area (Å²) >= 11 is 0. The van der Waals surface area contributed by atoms with Crippen molar-refractivity contribution in [2.24, 2.45) is 0 Å². The molecule has 4 aromatic rings. The molecule has 1 atom stereocenters. The number of aromatic nitrogens is 2. The first kappa shape index (κ1) is 31.0. The fourth-order valence-corrected chi connectivity index (χ4v) is 5.96. The van der Waals surface area contributed by atoms with Gasteiger partial charge in [-0.15, -0.1) is 0 Å². The minimum absolute atomic E-state index is 0.124. The van der Waals surface area contributed by atoms with Crippen molar-refractivity contribution in [1.29, 1.82) is 0 Å². The van der Waals surface area contributed by atoms with Crippen LogP contribution in [0.15, 0.2) is 54.6 Å². The molecule has 3 aromatic carbocycles. The van der Waals surface area contributed by atoms with Crippen LogP contribution in [0.4, 0.5) is 5.95 Å². The molecule has 10 nitrogen and oxygen atoms in total. The molecule has 1 aliphatic heterocycles. The molecule has 1 amide bonds. The lowest BCUT2D eigenvalue weighted by atomic mass is 9.94. The van der Waals surface area contributed by atoms with Crippen LogP contribution >= 0.6 is 0 Å². The summed E-state index contributed by atoms with van der Waals surface area (Å²) in [6.45, 7) is 5.29. The van der Waals surface area contributed by atoms with Crippen molar-refractivity contribution in [3.63, 3.8) is 0 Å². The number of methoxy groups -OCH3 is 4. The zero-order valence-electron chi connectivity index (χ0n) is 26.2. The van der Waals surface area contributed by atoms with Gasteiger partial charge in [-0.2, -0.15) is 0 Å². The SMILES string of the molecule is COc1ccc(C(CCN2CCC(Nc3nc4ccccc4[nH]3)CC2)CNC(=O)c2cc(OC)c(OC)c(OC)c2C)cc1. The summed E-state index contributed by atoms with van der Waals surface area (Å²) in [6.07, 6.45) is 2.99. The number of aromatic amines is 1. The second-order valence-corrected chi connectivity index (χ2v) is 11.1. The molecule has 1 fully saturated rings. The van der Waals surface area contributed by atoms with Gasteiger partial charge in [0.05, 0.1) is 39.5 Å². The number of anilines is 1. The molecule has 10 heteroatoms. The summed E-state index contributed by atoms with van der Waals surface area (Å²) in [5, 5.41) is 6.77. The van der Waals surface area contributed by atoms with Crippen LogP contribution in [-0.2, 0) is 0 Å². The van der Waals surface area contributed by atoms with E-state index in [0.717, 1.165) is 67.2 Å². The molecule has 0 aliphatic carbocycles. The number of nitrogens with zero attached hydrogens (tertiary/aromatic N) is 2. The predicted octanol–water partition coefficient (Wildman–Crippen LogP) is 5.39. The lowest BCUT2D eigenvalue weighted by Gasteiger charge is -2.33. The number of para-hydroxylation sites is 2. The van der Waals surface area contributed by atoms with Gasteiger partial charge in [0.15, 0.2) is 11.5 Å². The quantitative estimate of drug-likeness (QED) is 0.187. The number of rotatable bonds is 13. The molecule has 3 N–H and O–H groups in total. The Morgan fingerprint density at radius 3 is 2.36 bits per heavy atom. The normalized spacial score (nSPS) is 14.7. The van der Waals surface area contributed by atoms with Crippen molar-refractivity contribution in [2.75, 3.05) is 59.9 Å². The number of likely N-dealkylation sites (tertiary alicyclic amines) is 1. The topological polar surface area (TPSA) is 110 Å². The van der Waals surface area contributed by atoms with Crippen LogP contribution in [0, 0.1) is 6.92 Å². The average Bonchev–Trinajstić information content (AvgIpc) is 3.47. The van der Waals surface area contributed by atoms with Gasteiger partial charge in [0.1, 0.15) is 5.75 Å². The van der Waals surface area contributed by atoms with Gasteiger partial charge in [-0.1, -0.05) is 24.3 Å². The maximum Gasteiger partial charge on any atom is 0.251 e. The van der Waals surface area contributed by atoms with Gasteiger partial charge < -0.3 is 39.5 Å². The highest BCUT2D eigenvalue weighted by molar-refractivity contribution is 5.97. The number of H-pyrrole nitrogens is 1. The number of amides is 1. The van der Waals surface area contributed by atoms with E-state index in [2.05, 4.69) is 37.6 Å². The summed E-state index contributed by atoms with van der Waals surface area (Å²) in [5.74, 6) is 2.99. The summed E-state index contributed by atoms with van der Waals surface area (Å²) < 4.78 is 21.9. The number of nitrogens with one attached hydrogen (secondary N) is 3. The van der Waals surface area contributed by atoms with Crippen LogP contribution in [0.5, 0.6) is 23.0 Å². The van der Waals surface area contributed by atoms with Gasteiger partial charge in [0, 0.05) is 42.7 Å². The Morgan fingerprint density at radius 1 is 0.977 bits per heavy atom. The van der Waals surface area contributed by atoms with E-state index in [4.69, 9.17) is 18.9 Å². The molecule has 1 saturated heterocycles. The fourth-order valence-electron chi connectivity index (χ4n) is 5.96. The van der Waals surface area contributed by atoms with E-state index >= 15 is 0 Å². The van der Waals surface area contributed by atoms with Gasteiger partial charge in [-0.3, -0.25) is 4.79 Å². The molecule has 44 heavy (non-hydrogen) atoms. The van der Waals surface area contributed by atoms with E-state index in [1.807, 2.05) is 43.3 Å². The molecule has 0 bridgehead atoms. The zero-order valence-corrected chi connectivity index (χ0v) is 26.2. The van der Waals surface area contributed by atoms with Crippen molar-refractivity contribution >= 4 is 22.9 Å². The zero-order chi connectivity index (χ0) is 31.1. The number of hydrogen-bond acceptors (Lipinski definition) is 8. The van der Waals surface area contributed by atoms with E-state index < -0.39 is 0 Å². The number of carbonyl (C=O) groups excluding carboxylic acids is 1. The standard InChI is InChI=1S/C34H43N5O5/c1-22-27(20-30(42-3)32(44-5)31(22)43-4)33(40)35-21-24(23-10-12-26(41-2)13-11-23)14-17-39-18-15-25(16-19-39)36-34-37-28-8-6-7-9-29(28)38-34/h6-13,20,24-25H,14-19,21H2,1-5H3,(H,35,40)(H2,36,37,38). The second-order valence-electron chi connectivity index (χ2n) is 11.1. The molecule has 0 spiro atoms. The molecule has 5 rings (SSSR count). The minimum atomic E-state index is -0.183. The van der Waals surface area contributed by atoms with Crippen LogP contribution in [0.2, 0.25) is 0 Å². The third-order valence-corrected chi connectivity index (χ3v) is 8.53. The van der Waals surface area contributed by atoms with E-state index in [0.29, 0.717) is 41.0 Å². The van der Waals surface area contributed by atoms with Crippen molar-refractivity contribution in [2.45, 2.75) is 38.1 Å². The lowest BCUT2D eigenvalue weighted by molar-refractivity contribution is 0.0948. The average molecular weight is 602 g/mol. The minimum Gasteiger partial charge on any atom is -0.497 e. The van der Waals surface area contributed by atoms with Gasteiger partial charge in [0.25, 0.3) is 5.91 Å². The number of hydrogen-bond donors (Lipinski definition) is 3. The molecule has 0 radical (unpaired) electrons. The highest BCUT2D eigenvalue weighted by Gasteiger charge is 2.24. The lowest BCUT2D eigenvalue weighted by Crippen LogP contribution is -2.40. The number of imidazole rings is 1. The van der Waals surface area contributed by atoms with Crippen LogP contribution < -0.4 is 29.6 Å². The first-order valence-corrected chi connectivity index (χ1v) is 15.1. The van der Waals surface area contributed by atoms with E-state index in [9.17, 15) is 4.79 Å². The Bertz CT molecular complexity index is 1510. The molecule has 1 unspecified atom stereocenters. The van der Waals surface area contributed by atoms with E-state index in [-0.39, 0.29) is 11.8 Å². The number of ether oxygens (including phenoxy) is 4. The Morgan fingerprint density at radius 2 is 1.70 bits per heavy atom. The van der Waals surface area contributed by atoms with Gasteiger partial charge in [0.2, 0.25) is 11.7 Å². The van der Waals surface area contributed by atoms with Crippen molar-refractivity contribution in [3.05, 3.63) is 71.3 Å². The maximum atomic E-state index is 13.5. The summed E-state index contributed by atoms with van der Waals surface area (Å²) in [7, 11) is 6.33. The summed E-state index contributed by atoms with van der Waals surface area (Å²) in [5.41, 5.74) is 4.37. The summed E-state index contributed by atoms with van der Waals surface area (Å²) in [6, 6.07) is 18.3. The molecular weight excluding hydrogens is 558 g/mol.